The van der Waals surface area contributed by atoms with Crippen LogP contribution < -0.4 is 11.1 Å². The molecular weight excluding hydrogens is 348 g/mol. The number of anilines is 3. The summed E-state index contributed by atoms with van der Waals surface area (Å²) in [7, 11) is 0. The first kappa shape index (κ1) is 14.3. The van der Waals surface area contributed by atoms with Crippen molar-refractivity contribution in [1.82, 2.24) is 9.97 Å². The van der Waals surface area contributed by atoms with Crippen LogP contribution in [-0.2, 0) is 0 Å². The van der Waals surface area contributed by atoms with Gasteiger partial charge in [-0.05, 0) is 50.1 Å². The van der Waals surface area contributed by atoms with Crippen molar-refractivity contribution >= 4 is 54.9 Å². The number of hydrogen-bond acceptors (Lipinski definition) is 5. The zero-order chi connectivity index (χ0) is 15.1. The van der Waals surface area contributed by atoms with Gasteiger partial charge >= 0.3 is 0 Å². The molecule has 21 heavy (non-hydrogen) atoms. The monoisotopic (exact) mass is 362 g/mol. The number of benzene rings is 1. The molecule has 0 fully saturated rings. The molecule has 0 amide bonds. The van der Waals surface area contributed by atoms with Crippen LogP contribution >= 0.6 is 27.3 Å². The van der Waals surface area contributed by atoms with E-state index in [0.717, 1.165) is 26.2 Å². The Morgan fingerprint density at radius 1 is 1.10 bits per heavy atom. The van der Waals surface area contributed by atoms with Crippen molar-refractivity contribution in [2.75, 3.05) is 11.1 Å². The van der Waals surface area contributed by atoms with Crippen LogP contribution in [0.15, 0.2) is 22.7 Å². The summed E-state index contributed by atoms with van der Waals surface area (Å²) < 4.78 is 1.13. The minimum atomic E-state index is 0.289. The number of fused-ring (bicyclic) bond motifs is 1. The van der Waals surface area contributed by atoms with Gasteiger partial charge in [-0.3, -0.25) is 0 Å². The molecule has 3 N–H and O–H groups in total. The van der Waals surface area contributed by atoms with Crippen molar-refractivity contribution in [3.05, 3.63) is 38.7 Å². The number of nitrogens with one attached hydrogen (secondary N) is 1. The van der Waals surface area contributed by atoms with E-state index in [9.17, 15) is 0 Å². The van der Waals surface area contributed by atoms with Gasteiger partial charge in [0.1, 0.15) is 10.6 Å². The number of nitrogen functional groups attached to an aromatic ring is 1. The van der Waals surface area contributed by atoms with E-state index in [1.54, 1.807) is 11.3 Å². The van der Waals surface area contributed by atoms with Crippen molar-refractivity contribution in [3.63, 3.8) is 0 Å². The predicted molar refractivity (Wildman–Crippen MR) is 93.5 cm³/mol. The first-order chi connectivity index (χ1) is 9.94. The second-order valence-corrected chi connectivity index (χ2v) is 7.08. The fraction of sp³-hybridized carbons (Fsp3) is 0.200. The molecule has 0 radical (unpaired) electrons. The van der Waals surface area contributed by atoms with Gasteiger partial charge in [-0.15, -0.1) is 11.3 Å². The van der Waals surface area contributed by atoms with E-state index in [1.165, 1.54) is 16.0 Å². The summed E-state index contributed by atoms with van der Waals surface area (Å²) in [6.45, 7) is 6.20. The van der Waals surface area contributed by atoms with Crippen molar-refractivity contribution < 1.29 is 0 Å². The Bertz CT molecular complexity index is 818. The molecule has 0 aliphatic carbocycles. The summed E-state index contributed by atoms with van der Waals surface area (Å²) in [5.41, 5.74) is 9.16. The smallest absolute Gasteiger partial charge is 0.223 e. The van der Waals surface area contributed by atoms with Crippen LogP contribution in [0.25, 0.3) is 10.2 Å². The van der Waals surface area contributed by atoms with Crippen molar-refractivity contribution in [3.8, 4) is 0 Å². The first-order valence-electron chi connectivity index (χ1n) is 6.51. The quantitative estimate of drug-likeness (QED) is 0.692. The molecule has 1 aromatic carbocycles. The zero-order valence-corrected chi connectivity index (χ0v) is 14.4. The second-order valence-electron chi connectivity index (χ2n) is 5.06. The summed E-state index contributed by atoms with van der Waals surface area (Å²) in [6, 6.07) is 6.25. The third-order valence-corrected chi connectivity index (χ3v) is 5.43. The van der Waals surface area contributed by atoms with Crippen molar-refractivity contribution in [2.45, 2.75) is 20.8 Å². The van der Waals surface area contributed by atoms with Crippen LogP contribution in [-0.4, -0.2) is 9.97 Å². The fourth-order valence-electron chi connectivity index (χ4n) is 2.31. The molecule has 4 nitrogen and oxygen atoms in total. The van der Waals surface area contributed by atoms with Gasteiger partial charge in [0.25, 0.3) is 0 Å². The number of nitrogens with zero attached hydrogens (tertiary/aromatic N) is 2. The summed E-state index contributed by atoms with van der Waals surface area (Å²) >= 11 is 5.20. The molecule has 0 spiro atoms. The van der Waals surface area contributed by atoms with Gasteiger partial charge in [0.15, 0.2) is 0 Å². The number of aromatic nitrogens is 2. The molecule has 0 atom stereocenters. The van der Waals surface area contributed by atoms with Gasteiger partial charge in [0, 0.05) is 15.0 Å². The van der Waals surface area contributed by atoms with E-state index in [-0.39, 0.29) is 5.95 Å². The number of halogens is 1. The highest BCUT2D eigenvalue weighted by Gasteiger charge is 2.10. The van der Waals surface area contributed by atoms with E-state index in [2.05, 4.69) is 70.2 Å². The molecule has 6 heteroatoms. The zero-order valence-electron chi connectivity index (χ0n) is 12.0. The lowest BCUT2D eigenvalue weighted by Crippen LogP contribution is -2.00. The van der Waals surface area contributed by atoms with Gasteiger partial charge in [-0.2, -0.15) is 4.98 Å². The molecular formula is C15H15BrN4S. The number of aryl methyl sites for hydroxylation is 3. The summed E-state index contributed by atoms with van der Waals surface area (Å²) in [5, 5.41) is 4.37. The lowest BCUT2D eigenvalue weighted by molar-refractivity contribution is 1.24. The van der Waals surface area contributed by atoms with Crippen molar-refractivity contribution in [2.24, 2.45) is 0 Å². The Kier molecular flexibility index (Phi) is 3.59. The third-order valence-electron chi connectivity index (χ3n) is 3.23. The van der Waals surface area contributed by atoms with Crippen LogP contribution in [0.4, 0.5) is 17.5 Å². The summed E-state index contributed by atoms with van der Waals surface area (Å²) in [5.74, 6) is 1.04. The standard InChI is InChI=1S/C15H15BrN4S/c1-7-4-10(5-8(2)12(7)16)18-13-11-6-9(3)21-14(11)20-15(17)19-13/h4-6H,1-3H3,(H3,17,18,19,20). The van der Waals surface area contributed by atoms with Crippen LogP contribution in [0.2, 0.25) is 0 Å². The largest absolute Gasteiger partial charge is 0.368 e. The fourth-order valence-corrected chi connectivity index (χ4v) is 3.42. The van der Waals surface area contributed by atoms with Gasteiger partial charge in [0.2, 0.25) is 5.95 Å². The number of thiophene rings is 1. The number of rotatable bonds is 2. The minimum Gasteiger partial charge on any atom is -0.368 e. The molecule has 0 aliphatic rings. The Hall–Kier alpha value is -1.66. The lowest BCUT2D eigenvalue weighted by Gasteiger charge is -2.11. The van der Waals surface area contributed by atoms with Crippen LogP contribution in [0.3, 0.4) is 0 Å². The highest BCUT2D eigenvalue weighted by molar-refractivity contribution is 9.10. The SMILES string of the molecule is Cc1cc2c(Nc3cc(C)c(Br)c(C)c3)nc(N)nc2s1. The molecule has 0 saturated carbocycles. The van der Waals surface area contributed by atoms with E-state index in [0.29, 0.717) is 0 Å². The lowest BCUT2D eigenvalue weighted by atomic mass is 10.1. The van der Waals surface area contributed by atoms with E-state index >= 15 is 0 Å². The molecule has 0 bridgehead atoms. The molecule has 2 aromatic heterocycles. The molecule has 0 aliphatic heterocycles. The predicted octanol–water partition coefficient (Wildman–Crippen LogP) is 4.70. The topological polar surface area (TPSA) is 63.8 Å². The normalized spacial score (nSPS) is 11.0. The molecule has 2 heterocycles. The average molecular weight is 363 g/mol. The maximum absolute atomic E-state index is 5.81. The van der Waals surface area contributed by atoms with Gasteiger partial charge < -0.3 is 11.1 Å². The maximum Gasteiger partial charge on any atom is 0.223 e. The first-order valence-corrected chi connectivity index (χ1v) is 8.12. The van der Waals surface area contributed by atoms with E-state index < -0.39 is 0 Å². The highest BCUT2D eigenvalue weighted by atomic mass is 79.9. The molecule has 0 saturated heterocycles. The Morgan fingerprint density at radius 3 is 2.43 bits per heavy atom. The van der Waals surface area contributed by atoms with Crippen LogP contribution in [0, 0.1) is 20.8 Å². The van der Waals surface area contributed by atoms with Gasteiger partial charge in [0.05, 0.1) is 5.39 Å². The third kappa shape index (κ3) is 2.73. The van der Waals surface area contributed by atoms with E-state index in [1.807, 2.05) is 0 Å². The highest BCUT2D eigenvalue weighted by Crippen LogP contribution is 2.32. The number of nitrogens with two attached hydrogens (primary N) is 1. The molecule has 3 aromatic rings. The summed E-state index contributed by atoms with van der Waals surface area (Å²) in [6.07, 6.45) is 0. The van der Waals surface area contributed by atoms with E-state index in [4.69, 9.17) is 5.73 Å². The molecule has 3 rings (SSSR count). The Morgan fingerprint density at radius 2 is 1.76 bits per heavy atom. The molecule has 108 valence electrons. The Balaban J connectivity index is 2.09. The number of hydrogen-bond donors (Lipinski definition) is 2. The average Bonchev–Trinajstić information content (AvgIpc) is 2.76. The minimum absolute atomic E-state index is 0.289. The molecule has 0 unspecified atom stereocenters. The van der Waals surface area contributed by atoms with Crippen molar-refractivity contribution in [1.29, 1.82) is 0 Å². The van der Waals surface area contributed by atoms with Gasteiger partial charge in [-0.1, -0.05) is 15.9 Å². The summed E-state index contributed by atoms with van der Waals surface area (Å²) in [4.78, 5) is 10.7. The van der Waals surface area contributed by atoms with Crippen LogP contribution in [0.1, 0.15) is 16.0 Å². The van der Waals surface area contributed by atoms with Gasteiger partial charge in [-0.25, -0.2) is 4.98 Å². The van der Waals surface area contributed by atoms with Crippen LogP contribution in [0.5, 0.6) is 0 Å². The Labute approximate surface area is 135 Å². The maximum atomic E-state index is 5.81. The second kappa shape index (κ2) is 5.27.